The number of hydrogen-bond donors (Lipinski definition) is 2. The van der Waals surface area contributed by atoms with Gasteiger partial charge in [-0.15, -0.1) is 0 Å². The predicted molar refractivity (Wildman–Crippen MR) is 177 cm³/mol. The van der Waals surface area contributed by atoms with E-state index in [2.05, 4.69) is 10.3 Å². The lowest BCUT2D eigenvalue weighted by atomic mass is 9.77. The number of nitrogens with one attached hydrogen (secondary N) is 1. The fraction of sp³-hybridized carbons (Fsp3) is 0.184. The maximum absolute atomic E-state index is 13.4. The van der Waals surface area contributed by atoms with E-state index in [1.807, 2.05) is 102 Å². The van der Waals surface area contributed by atoms with Gasteiger partial charge >= 0.3 is 12.1 Å². The highest BCUT2D eigenvalue weighted by Gasteiger charge is 2.43. The Morgan fingerprint density at radius 1 is 0.833 bits per heavy atom. The highest BCUT2D eigenvalue weighted by molar-refractivity contribution is 6.01. The number of rotatable bonds is 11. The van der Waals surface area contributed by atoms with Crippen LogP contribution in [0.2, 0.25) is 0 Å². The highest BCUT2D eigenvalue weighted by Crippen LogP contribution is 2.40. The van der Waals surface area contributed by atoms with Gasteiger partial charge in [0.25, 0.3) is 0 Å². The molecule has 1 aliphatic rings. The molecule has 10 heteroatoms. The summed E-state index contributed by atoms with van der Waals surface area (Å²) in [6.07, 6.45) is 2.39. The third kappa shape index (κ3) is 6.46. The van der Waals surface area contributed by atoms with Crippen LogP contribution < -0.4 is 5.32 Å². The van der Waals surface area contributed by atoms with Gasteiger partial charge in [0.05, 0.1) is 12.0 Å². The van der Waals surface area contributed by atoms with Gasteiger partial charge in [0, 0.05) is 19.0 Å². The molecule has 0 radical (unpaired) electrons. The number of aliphatic carboxylic acids is 1. The molecule has 0 saturated carbocycles. The topological polar surface area (TPSA) is 131 Å². The van der Waals surface area contributed by atoms with Gasteiger partial charge in [-0.1, -0.05) is 121 Å². The van der Waals surface area contributed by atoms with Crippen LogP contribution in [0.15, 0.2) is 134 Å². The monoisotopic (exact) mass is 642 g/mol. The number of carbonyl (C=O) groups excluding carboxylic acids is 3. The van der Waals surface area contributed by atoms with E-state index in [0.717, 1.165) is 27.2 Å². The summed E-state index contributed by atoms with van der Waals surface area (Å²) < 4.78 is 7.27. The number of carbonyl (C=O) groups is 4. The molecule has 5 aromatic rings. The van der Waals surface area contributed by atoms with Crippen molar-refractivity contribution in [2.45, 2.75) is 43.5 Å². The van der Waals surface area contributed by atoms with Gasteiger partial charge in [0.1, 0.15) is 24.2 Å². The second kappa shape index (κ2) is 14.2. The van der Waals surface area contributed by atoms with E-state index in [-0.39, 0.29) is 25.9 Å². The number of imidazole rings is 1. The zero-order valence-corrected chi connectivity index (χ0v) is 26.0. The van der Waals surface area contributed by atoms with Crippen LogP contribution in [-0.2, 0) is 37.7 Å². The maximum Gasteiger partial charge on any atom is 0.417 e. The van der Waals surface area contributed by atoms with Crippen molar-refractivity contribution in [2.24, 2.45) is 0 Å². The number of carboxylic acid groups (broad SMARTS) is 1. The number of carboxylic acids is 1. The van der Waals surface area contributed by atoms with Crippen LogP contribution in [-0.4, -0.2) is 55.5 Å². The first-order valence-electron chi connectivity index (χ1n) is 15.6. The summed E-state index contributed by atoms with van der Waals surface area (Å²) in [5.41, 5.74) is 3.22. The van der Waals surface area contributed by atoms with Crippen molar-refractivity contribution in [1.82, 2.24) is 19.8 Å². The molecule has 0 spiro atoms. The molecular weight excluding hydrogens is 608 g/mol. The van der Waals surface area contributed by atoms with E-state index < -0.39 is 41.5 Å². The minimum atomic E-state index is -1.38. The molecule has 4 aromatic carbocycles. The van der Waals surface area contributed by atoms with Crippen molar-refractivity contribution >= 4 is 23.9 Å². The van der Waals surface area contributed by atoms with E-state index in [1.165, 1.54) is 0 Å². The van der Waals surface area contributed by atoms with Crippen LogP contribution >= 0.6 is 0 Å². The van der Waals surface area contributed by atoms with Crippen molar-refractivity contribution in [3.8, 4) is 0 Å². The van der Waals surface area contributed by atoms with E-state index in [0.29, 0.717) is 5.69 Å². The van der Waals surface area contributed by atoms with Crippen LogP contribution in [0.5, 0.6) is 0 Å². The Bertz CT molecular complexity index is 1780. The van der Waals surface area contributed by atoms with Gasteiger partial charge in [0.2, 0.25) is 11.8 Å². The molecule has 6 rings (SSSR count). The molecule has 3 amide bonds. The minimum Gasteiger partial charge on any atom is -0.480 e. The van der Waals surface area contributed by atoms with Crippen molar-refractivity contribution in [1.29, 1.82) is 0 Å². The van der Waals surface area contributed by atoms with Crippen molar-refractivity contribution in [3.63, 3.8) is 0 Å². The van der Waals surface area contributed by atoms with Crippen molar-refractivity contribution in [2.75, 3.05) is 0 Å². The Morgan fingerprint density at radius 2 is 1.35 bits per heavy atom. The number of aromatic nitrogens is 2. The fourth-order valence-electron chi connectivity index (χ4n) is 6.26. The molecule has 0 unspecified atom stereocenters. The molecule has 1 fully saturated rings. The molecule has 242 valence electrons. The largest absolute Gasteiger partial charge is 0.480 e. The first-order valence-corrected chi connectivity index (χ1v) is 15.6. The van der Waals surface area contributed by atoms with Crippen LogP contribution in [0.3, 0.4) is 0 Å². The third-order valence-corrected chi connectivity index (χ3v) is 8.54. The average molecular weight is 643 g/mol. The molecule has 1 aliphatic heterocycles. The summed E-state index contributed by atoms with van der Waals surface area (Å²) in [6, 6.07) is 36.3. The molecule has 1 saturated heterocycles. The number of hydrogen-bond acceptors (Lipinski definition) is 6. The molecule has 0 bridgehead atoms. The lowest BCUT2D eigenvalue weighted by Crippen LogP contribution is -2.52. The lowest BCUT2D eigenvalue weighted by molar-refractivity contribution is -0.142. The Morgan fingerprint density at radius 3 is 1.88 bits per heavy atom. The Hall–Kier alpha value is -6.03. The number of ether oxygens (including phenoxy) is 1. The molecule has 0 aliphatic carbocycles. The van der Waals surface area contributed by atoms with Crippen molar-refractivity contribution in [3.05, 3.63) is 162 Å². The summed E-state index contributed by atoms with van der Waals surface area (Å²) in [5.74, 6) is -2.59. The maximum atomic E-state index is 13.4. The zero-order chi connectivity index (χ0) is 33.5. The first kappa shape index (κ1) is 31.9. The summed E-state index contributed by atoms with van der Waals surface area (Å²) in [4.78, 5) is 56.7. The minimum absolute atomic E-state index is 0.0405. The van der Waals surface area contributed by atoms with Crippen LogP contribution in [0.25, 0.3) is 0 Å². The third-order valence-electron chi connectivity index (χ3n) is 8.54. The van der Waals surface area contributed by atoms with Crippen LogP contribution in [0.4, 0.5) is 4.79 Å². The van der Waals surface area contributed by atoms with Gasteiger partial charge < -0.3 is 19.7 Å². The standard InChI is InChI=1S/C38H34N4O6/c43-34-22-21-33(42(34)37(47)48-25-27-13-5-1-6-14-27)35(44)40-32(36(45)46)23-31-24-41(26-39-31)38(28-15-7-2-8-16-28,29-17-9-3-10-18-29)30-19-11-4-12-20-30/h1-20,24,26,32-33H,21-23,25H2,(H,40,44)(H,45,46)/t32-,33-/m0/s1. The van der Waals surface area contributed by atoms with E-state index in [9.17, 15) is 24.3 Å². The van der Waals surface area contributed by atoms with E-state index >= 15 is 0 Å². The first-order chi connectivity index (χ1) is 23.4. The van der Waals surface area contributed by atoms with Gasteiger partial charge in [-0.25, -0.2) is 19.5 Å². The second-order valence-electron chi connectivity index (χ2n) is 11.5. The van der Waals surface area contributed by atoms with Crippen LogP contribution in [0, 0.1) is 0 Å². The number of likely N-dealkylation sites (tertiary alicyclic amines) is 1. The lowest BCUT2D eigenvalue weighted by Gasteiger charge is -2.37. The normalized spacial score (nSPS) is 15.1. The van der Waals surface area contributed by atoms with Gasteiger partial charge in [-0.2, -0.15) is 0 Å². The Kier molecular flexibility index (Phi) is 9.43. The summed E-state index contributed by atoms with van der Waals surface area (Å²) in [5, 5.41) is 12.7. The highest BCUT2D eigenvalue weighted by atomic mass is 16.6. The van der Waals surface area contributed by atoms with E-state index in [1.54, 1.807) is 36.8 Å². The summed E-state index contributed by atoms with van der Waals surface area (Å²) >= 11 is 0. The quantitative estimate of drug-likeness (QED) is 0.190. The van der Waals surface area contributed by atoms with Gasteiger partial charge in [0.15, 0.2) is 0 Å². The van der Waals surface area contributed by atoms with Gasteiger partial charge in [-0.3, -0.25) is 9.59 Å². The zero-order valence-electron chi connectivity index (χ0n) is 26.0. The van der Waals surface area contributed by atoms with Crippen molar-refractivity contribution < 1.29 is 29.0 Å². The SMILES string of the molecule is O=C(O)[C@H](Cc1cn(C(c2ccccc2)(c2ccccc2)c2ccccc2)cn1)NC(=O)[C@@H]1CCC(=O)N1C(=O)OCc1ccccc1. The van der Waals surface area contributed by atoms with E-state index in [4.69, 9.17) is 4.74 Å². The predicted octanol–water partition coefficient (Wildman–Crippen LogP) is 5.16. The smallest absolute Gasteiger partial charge is 0.417 e. The van der Waals surface area contributed by atoms with Gasteiger partial charge in [-0.05, 0) is 28.7 Å². The number of benzene rings is 4. The summed E-state index contributed by atoms with van der Waals surface area (Å²) in [7, 11) is 0. The molecule has 48 heavy (non-hydrogen) atoms. The Labute approximate surface area is 277 Å². The average Bonchev–Trinajstić information content (AvgIpc) is 3.76. The Balaban J connectivity index is 1.25. The summed E-state index contributed by atoms with van der Waals surface area (Å²) in [6.45, 7) is -0.0748. The molecule has 2 N–H and O–H groups in total. The van der Waals surface area contributed by atoms with Crippen LogP contribution in [0.1, 0.15) is 40.8 Å². The number of amides is 3. The number of imide groups is 1. The number of nitrogens with zero attached hydrogens (tertiary/aromatic N) is 3. The fourth-order valence-corrected chi connectivity index (χ4v) is 6.26. The molecule has 1 aromatic heterocycles. The molecular formula is C38H34N4O6. The molecule has 2 heterocycles. The molecule has 2 atom stereocenters. The molecule has 10 nitrogen and oxygen atoms in total. The second-order valence-corrected chi connectivity index (χ2v) is 11.5.